The molecule has 1 heterocycles. The van der Waals surface area contributed by atoms with E-state index in [9.17, 15) is 0 Å². The first-order valence-electron chi connectivity index (χ1n) is 9.05. The second-order valence-corrected chi connectivity index (χ2v) is 6.57. The summed E-state index contributed by atoms with van der Waals surface area (Å²) in [5, 5.41) is 6.66. The highest BCUT2D eigenvalue weighted by Crippen LogP contribution is 2.12. The van der Waals surface area contributed by atoms with Crippen LogP contribution in [0.15, 0.2) is 29.3 Å². The van der Waals surface area contributed by atoms with Gasteiger partial charge in [0.15, 0.2) is 5.96 Å². The number of guanidine groups is 1. The van der Waals surface area contributed by atoms with Gasteiger partial charge < -0.3 is 25.0 Å². The number of ether oxygens (including phenoxy) is 2. The normalized spacial score (nSPS) is 16.9. The molecule has 1 unspecified atom stereocenters. The van der Waals surface area contributed by atoms with Crippen LogP contribution in [-0.4, -0.2) is 60.1 Å². The molecular formula is C19H33IN4O2. The first-order chi connectivity index (χ1) is 12.2. The number of nitrogens with zero attached hydrogens (tertiary/aromatic N) is 2. The van der Waals surface area contributed by atoms with Crippen molar-refractivity contribution in [1.82, 2.24) is 10.6 Å². The number of rotatable bonds is 9. The molecule has 6 nitrogen and oxygen atoms in total. The highest BCUT2D eigenvalue weighted by molar-refractivity contribution is 14.0. The molecule has 0 spiro atoms. The second-order valence-electron chi connectivity index (χ2n) is 6.57. The van der Waals surface area contributed by atoms with Gasteiger partial charge in [-0.3, -0.25) is 4.99 Å². The molecule has 1 aromatic rings. The van der Waals surface area contributed by atoms with Crippen molar-refractivity contribution in [3.05, 3.63) is 29.8 Å². The SMILES string of the molecule is CN=C(NCCCOCC1CCOC1)NCc1ccc(N(C)C)cc1.I. The molecule has 2 rings (SSSR count). The molecule has 148 valence electrons. The third kappa shape index (κ3) is 8.55. The van der Waals surface area contributed by atoms with Crippen molar-refractivity contribution in [2.75, 3.05) is 59.0 Å². The molecule has 1 aliphatic rings. The number of halogens is 1. The Hall–Kier alpha value is -1.06. The van der Waals surface area contributed by atoms with E-state index >= 15 is 0 Å². The lowest BCUT2D eigenvalue weighted by Crippen LogP contribution is -2.37. The highest BCUT2D eigenvalue weighted by Gasteiger charge is 2.15. The van der Waals surface area contributed by atoms with Gasteiger partial charge in [0, 0.05) is 59.1 Å². The van der Waals surface area contributed by atoms with E-state index in [2.05, 4.69) is 44.8 Å². The number of anilines is 1. The summed E-state index contributed by atoms with van der Waals surface area (Å²) in [4.78, 5) is 6.36. The van der Waals surface area contributed by atoms with Crippen LogP contribution in [0.5, 0.6) is 0 Å². The van der Waals surface area contributed by atoms with Gasteiger partial charge >= 0.3 is 0 Å². The van der Waals surface area contributed by atoms with Crippen LogP contribution in [0.4, 0.5) is 5.69 Å². The molecule has 0 saturated carbocycles. The van der Waals surface area contributed by atoms with Crippen LogP contribution in [-0.2, 0) is 16.0 Å². The Morgan fingerprint density at radius 1 is 1.27 bits per heavy atom. The molecule has 0 aliphatic carbocycles. The fourth-order valence-corrected chi connectivity index (χ4v) is 2.66. The maximum atomic E-state index is 5.71. The Bertz CT molecular complexity index is 517. The molecule has 0 aromatic heterocycles. The Balaban J connectivity index is 0.00000338. The maximum Gasteiger partial charge on any atom is 0.191 e. The maximum absolute atomic E-state index is 5.71. The van der Waals surface area contributed by atoms with Crippen LogP contribution in [0.1, 0.15) is 18.4 Å². The molecule has 0 radical (unpaired) electrons. The average molecular weight is 476 g/mol. The van der Waals surface area contributed by atoms with Crippen LogP contribution < -0.4 is 15.5 Å². The zero-order valence-electron chi connectivity index (χ0n) is 16.2. The molecule has 0 bridgehead atoms. The number of benzene rings is 1. The van der Waals surface area contributed by atoms with E-state index in [1.165, 1.54) is 11.3 Å². The molecule has 26 heavy (non-hydrogen) atoms. The zero-order valence-corrected chi connectivity index (χ0v) is 18.5. The van der Waals surface area contributed by atoms with Crippen LogP contribution in [0.25, 0.3) is 0 Å². The third-order valence-corrected chi connectivity index (χ3v) is 4.27. The monoisotopic (exact) mass is 476 g/mol. The smallest absolute Gasteiger partial charge is 0.191 e. The minimum absolute atomic E-state index is 0. The number of hydrogen-bond donors (Lipinski definition) is 2. The van der Waals surface area contributed by atoms with Gasteiger partial charge in [-0.05, 0) is 30.5 Å². The molecule has 2 N–H and O–H groups in total. The number of hydrogen-bond acceptors (Lipinski definition) is 4. The summed E-state index contributed by atoms with van der Waals surface area (Å²) in [7, 11) is 5.88. The van der Waals surface area contributed by atoms with Gasteiger partial charge in [-0.15, -0.1) is 24.0 Å². The van der Waals surface area contributed by atoms with Gasteiger partial charge in [-0.1, -0.05) is 12.1 Å². The fraction of sp³-hybridized carbons (Fsp3) is 0.632. The van der Waals surface area contributed by atoms with Crippen molar-refractivity contribution in [2.24, 2.45) is 10.9 Å². The van der Waals surface area contributed by atoms with E-state index in [1.54, 1.807) is 7.05 Å². The summed E-state index contributed by atoms with van der Waals surface area (Å²) < 4.78 is 11.1. The van der Waals surface area contributed by atoms with Gasteiger partial charge in [0.05, 0.1) is 13.2 Å². The molecule has 1 fully saturated rings. The van der Waals surface area contributed by atoms with Crippen LogP contribution >= 0.6 is 24.0 Å². The van der Waals surface area contributed by atoms with E-state index in [-0.39, 0.29) is 24.0 Å². The average Bonchev–Trinajstić information content (AvgIpc) is 3.14. The van der Waals surface area contributed by atoms with Gasteiger partial charge in [0.1, 0.15) is 0 Å². The Labute approximate surface area is 174 Å². The highest BCUT2D eigenvalue weighted by atomic mass is 127. The lowest BCUT2D eigenvalue weighted by atomic mass is 10.1. The van der Waals surface area contributed by atoms with Gasteiger partial charge in [-0.25, -0.2) is 0 Å². The molecular weight excluding hydrogens is 443 g/mol. The summed E-state index contributed by atoms with van der Waals surface area (Å²) in [5.74, 6) is 1.40. The second kappa shape index (κ2) is 13.2. The number of nitrogens with one attached hydrogen (secondary N) is 2. The fourth-order valence-electron chi connectivity index (χ4n) is 2.66. The van der Waals surface area contributed by atoms with Gasteiger partial charge in [0.2, 0.25) is 0 Å². The van der Waals surface area contributed by atoms with Gasteiger partial charge in [-0.2, -0.15) is 0 Å². The molecule has 1 aliphatic heterocycles. The topological polar surface area (TPSA) is 58.1 Å². The minimum atomic E-state index is 0. The number of aliphatic imine (C=N–C) groups is 1. The van der Waals surface area contributed by atoms with Crippen molar-refractivity contribution in [2.45, 2.75) is 19.4 Å². The first kappa shape index (κ1) is 23.0. The van der Waals surface area contributed by atoms with E-state index < -0.39 is 0 Å². The van der Waals surface area contributed by atoms with Crippen molar-refractivity contribution < 1.29 is 9.47 Å². The van der Waals surface area contributed by atoms with Crippen LogP contribution in [0.2, 0.25) is 0 Å². The molecule has 1 aromatic carbocycles. The van der Waals surface area contributed by atoms with Crippen LogP contribution in [0, 0.1) is 5.92 Å². The van der Waals surface area contributed by atoms with Crippen LogP contribution in [0.3, 0.4) is 0 Å². The predicted octanol–water partition coefficient (Wildman–Crippen LogP) is 2.48. The molecule has 1 saturated heterocycles. The van der Waals surface area contributed by atoms with E-state index in [1.807, 2.05) is 14.1 Å². The largest absolute Gasteiger partial charge is 0.381 e. The van der Waals surface area contributed by atoms with E-state index in [4.69, 9.17) is 9.47 Å². The molecule has 7 heteroatoms. The van der Waals surface area contributed by atoms with Crippen molar-refractivity contribution in [1.29, 1.82) is 0 Å². The van der Waals surface area contributed by atoms with Gasteiger partial charge in [0.25, 0.3) is 0 Å². The Kier molecular flexibility index (Phi) is 11.6. The molecule has 0 amide bonds. The van der Waals surface area contributed by atoms with Crippen molar-refractivity contribution in [3.8, 4) is 0 Å². The predicted molar refractivity (Wildman–Crippen MR) is 119 cm³/mol. The first-order valence-corrected chi connectivity index (χ1v) is 9.05. The summed E-state index contributed by atoms with van der Waals surface area (Å²) >= 11 is 0. The Morgan fingerprint density at radius 3 is 2.65 bits per heavy atom. The molecule has 1 atom stereocenters. The van der Waals surface area contributed by atoms with Crippen molar-refractivity contribution in [3.63, 3.8) is 0 Å². The quantitative estimate of drug-likeness (QED) is 0.248. The third-order valence-electron chi connectivity index (χ3n) is 4.27. The standard InChI is InChI=1S/C19H32N4O2.HI/c1-20-19(21-10-4-11-24-14-17-9-12-25-15-17)22-13-16-5-7-18(8-6-16)23(2)3;/h5-8,17H,4,9-15H2,1-3H3,(H2,20,21,22);1H. The summed E-state index contributed by atoms with van der Waals surface area (Å²) in [6.07, 6.45) is 2.09. The van der Waals surface area contributed by atoms with Crippen molar-refractivity contribution >= 4 is 35.6 Å². The summed E-state index contributed by atoms with van der Waals surface area (Å²) in [6, 6.07) is 8.52. The lowest BCUT2D eigenvalue weighted by molar-refractivity contribution is 0.0888. The van der Waals surface area contributed by atoms with E-state index in [0.717, 1.165) is 58.3 Å². The minimum Gasteiger partial charge on any atom is -0.381 e. The summed E-state index contributed by atoms with van der Waals surface area (Å²) in [5.41, 5.74) is 2.44. The lowest BCUT2D eigenvalue weighted by Gasteiger charge is -2.14. The Morgan fingerprint density at radius 2 is 2.04 bits per heavy atom. The zero-order chi connectivity index (χ0) is 17.9. The summed E-state index contributed by atoms with van der Waals surface area (Å²) in [6.45, 7) is 4.92. The van der Waals surface area contributed by atoms with E-state index in [0.29, 0.717) is 5.92 Å².